The molecule has 1 aliphatic heterocycles. The molecule has 0 atom stereocenters. The lowest BCUT2D eigenvalue weighted by molar-refractivity contribution is 0.0767. The van der Waals surface area contributed by atoms with E-state index < -0.39 is 0 Å². The maximum Gasteiger partial charge on any atom is 0.253 e. The SMILES string of the molecule is CCN(CC)c1ccc(C(=O)N2CCCN(c3nc4ccccc4[nH]3)CC2)cc1. The average molecular weight is 392 g/mol. The molecular weight excluding hydrogens is 362 g/mol. The summed E-state index contributed by atoms with van der Waals surface area (Å²) in [5.41, 5.74) is 3.96. The fraction of sp³-hybridized carbons (Fsp3) is 0.391. The van der Waals surface area contributed by atoms with E-state index in [2.05, 4.69) is 40.8 Å². The van der Waals surface area contributed by atoms with Crippen molar-refractivity contribution >= 4 is 28.6 Å². The van der Waals surface area contributed by atoms with Gasteiger partial charge in [0, 0.05) is 50.5 Å². The van der Waals surface area contributed by atoms with E-state index in [-0.39, 0.29) is 5.91 Å². The van der Waals surface area contributed by atoms with Gasteiger partial charge in [0.25, 0.3) is 5.91 Å². The number of carbonyl (C=O) groups is 1. The van der Waals surface area contributed by atoms with Crippen molar-refractivity contribution in [2.24, 2.45) is 0 Å². The number of aromatic nitrogens is 2. The van der Waals surface area contributed by atoms with Crippen molar-refractivity contribution in [1.29, 1.82) is 0 Å². The maximum atomic E-state index is 13.0. The summed E-state index contributed by atoms with van der Waals surface area (Å²) in [6.07, 6.45) is 0.931. The molecule has 0 radical (unpaired) electrons. The number of para-hydroxylation sites is 2. The Morgan fingerprint density at radius 1 is 1.00 bits per heavy atom. The molecule has 1 saturated heterocycles. The number of rotatable bonds is 5. The van der Waals surface area contributed by atoms with Crippen molar-refractivity contribution in [3.63, 3.8) is 0 Å². The zero-order valence-corrected chi connectivity index (χ0v) is 17.3. The Morgan fingerprint density at radius 2 is 1.76 bits per heavy atom. The minimum absolute atomic E-state index is 0.113. The van der Waals surface area contributed by atoms with Crippen LogP contribution in [0.1, 0.15) is 30.6 Å². The number of benzene rings is 2. The normalized spacial score (nSPS) is 14.8. The van der Waals surface area contributed by atoms with Gasteiger partial charge in [0.2, 0.25) is 5.95 Å². The van der Waals surface area contributed by atoms with Crippen LogP contribution in [0, 0.1) is 0 Å². The summed E-state index contributed by atoms with van der Waals surface area (Å²) in [5.74, 6) is 1.01. The molecule has 1 aromatic heterocycles. The molecule has 0 saturated carbocycles. The molecule has 6 nitrogen and oxygen atoms in total. The van der Waals surface area contributed by atoms with Crippen LogP contribution < -0.4 is 9.80 Å². The lowest BCUT2D eigenvalue weighted by atomic mass is 10.1. The predicted molar refractivity (Wildman–Crippen MR) is 119 cm³/mol. The highest BCUT2D eigenvalue weighted by Crippen LogP contribution is 2.20. The molecule has 4 rings (SSSR count). The number of carbonyl (C=O) groups excluding carboxylic acids is 1. The average Bonchev–Trinajstić information content (AvgIpc) is 3.04. The summed E-state index contributed by atoms with van der Waals surface area (Å²) in [4.78, 5) is 27.6. The number of imidazole rings is 1. The minimum Gasteiger partial charge on any atom is -0.372 e. The molecule has 1 fully saturated rings. The quantitative estimate of drug-likeness (QED) is 0.719. The van der Waals surface area contributed by atoms with Gasteiger partial charge in [-0.25, -0.2) is 4.98 Å². The van der Waals surface area contributed by atoms with Crippen LogP contribution >= 0.6 is 0 Å². The van der Waals surface area contributed by atoms with Crippen LogP contribution in [0.4, 0.5) is 11.6 Å². The van der Waals surface area contributed by atoms with E-state index in [1.54, 1.807) is 0 Å². The number of fused-ring (bicyclic) bond motifs is 1. The molecular formula is C23H29N5O. The zero-order chi connectivity index (χ0) is 20.2. The number of aromatic amines is 1. The number of anilines is 2. The summed E-state index contributed by atoms with van der Waals surface area (Å²) in [6, 6.07) is 16.1. The summed E-state index contributed by atoms with van der Waals surface area (Å²) in [6.45, 7) is 9.37. The monoisotopic (exact) mass is 391 g/mol. The molecule has 3 aromatic rings. The van der Waals surface area contributed by atoms with Crippen LogP contribution in [0.15, 0.2) is 48.5 Å². The van der Waals surface area contributed by atoms with Crippen molar-refractivity contribution in [1.82, 2.24) is 14.9 Å². The summed E-state index contributed by atoms with van der Waals surface area (Å²) >= 11 is 0. The van der Waals surface area contributed by atoms with Crippen LogP contribution in [-0.2, 0) is 0 Å². The summed E-state index contributed by atoms with van der Waals surface area (Å²) in [7, 11) is 0. The third-order valence-electron chi connectivity index (χ3n) is 5.70. The second kappa shape index (κ2) is 8.55. The molecule has 1 aliphatic rings. The Labute approximate surface area is 172 Å². The molecule has 0 unspecified atom stereocenters. The molecule has 1 N–H and O–H groups in total. The van der Waals surface area contributed by atoms with E-state index in [1.807, 2.05) is 41.3 Å². The van der Waals surface area contributed by atoms with Crippen molar-refractivity contribution in [3.05, 3.63) is 54.1 Å². The highest BCUT2D eigenvalue weighted by Gasteiger charge is 2.22. The Balaban J connectivity index is 1.43. The molecule has 6 heteroatoms. The highest BCUT2D eigenvalue weighted by atomic mass is 16.2. The third kappa shape index (κ3) is 4.06. The standard InChI is InChI=1S/C23H29N5O/c1-3-26(4-2)19-12-10-18(11-13-19)22(29)27-14-7-15-28(17-16-27)23-24-20-8-5-6-9-21(20)25-23/h5-6,8-13H,3-4,7,14-17H2,1-2H3,(H,24,25). The van der Waals surface area contributed by atoms with Crippen molar-refractivity contribution in [2.75, 3.05) is 49.1 Å². The Morgan fingerprint density at radius 3 is 2.48 bits per heavy atom. The summed E-state index contributed by atoms with van der Waals surface area (Å²) < 4.78 is 0. The number of nitrogens with one attached hydrogen (secondary N) is 1. The van der Waals surface area contributed by atoms with Gasteiger partial charge in [0.05, 0.1) is 11.0 Å². The molecule has 0 bridgehead atoms. The van der Waals surface area contributed by atoms with Gasteiger partial charge in [-0.05, 0) is 56.7 Å². The maximum absolute atomic E-state index is 13.0. The Hall–Kier alpha value is -3.02. The van der Waals surface area contributed by atoms with Gasteiger partial charge in [0.1, 0.15) is 0 Å². The zero-order valence-electron chi connectivity index (χ0n) is 17.3. The van der Waals surface area contributed by atoms with E-state index >= 15 is 0 Å². The fourth-order valence-corrected chi connectivity index (χ4v) is 4.01. The smallest absolute Gasteiger partial charge is 0.253 e. The van der Waals surface area contributed by atoms with Gasteiger partial charge < -0.3 is 19.7 Å². The van der Waals surface area contributed by atoms with Gasteiger partial charge in [-0.1, -0.05) is 12.1 Å². The van der Waals surface area contributed by atoms with E-state index in [9.17, 15) is 4.79 Å². The van der Waals surface area contributed by atoms with Crippen molar-refractivity contribution in [2.45, 2.75) is 20.3 Å². The summed E-state index contributed by atoms with van der Waals surface area (Å²) in [5, 5.41) is 0. The van der Waals surface area contributed by atoms with E-state index in [0.29, 0.717) is 6.54 Å². The Bertz CT molecular complexity index is 928. The molecule has 0 aliphatic carbocycles. The first-order valence-corrected chi connectivity index (χ1v) is 10.5. The van der Waals surface area contributed by atoms with Gasteiger partial charge in [-0.2, -0.15) is 0 Å². The van der Waals surface area contributed by atoms with E-state index in [1.165, 1.54) is 5.69 Å². The number of amides is 1. The highest BCUT2D eigenvalue weighted by molar-refractivity contribution is 5.94. The number of H-pyrrole nitrogens is 1. The Kier molecular flexibility index (Phi) is 5.69. The largest absolute Gasteiger partial charge is 0.372 e. The molecule has 29 heavy (non-hydrogen) atoms. The number of nitrogens with zero attached hydrogens (tertiary/aromatic N) is 4. The molecule has 152 valence electrons. The van der Waals surface area contributed by atoms with Crippen LogP contribution in [0.2, 0.25) is 0 Å². The van der Waals surface area contributed by atoms with Crippen LogP contribution in [-0.4, -0.2) is 60.0 Å². The topological polar surface area (TPSA) is 55.5 Å². The van der Waals surface area contributed by atoms with Crippen molar-refractivity contribution < 1.29 is 4.79 Å². The van der Waals surface area contributed by atoms with Gasteiger partial charge in [0.15, 0.2) is 0 Å². The molecule has 2 aromatic carbocycles. The van der Waals surface area contributed by atoms with Crippen LogP contribution in [0.5, 0.6) is 0 Å². The van der Waals surface area contributed by atoms with Crippen LogP contribution in [0.3, 0.4) is 0 Å². The van der Waals surface area contributed by atoms with E-state index in [0.717, 1.165) is 61.7 Å². The first kappa shape index (κ1) is 19.3. The molecule has 0 spiro atoms. The molecule has 1 amide bonds. The fourth-order valence-electron chi connectivity index (χ4n) is 4.01. The second-order valence-corrected chi connectivity index (χ2v) is 7.43. The minimum atomic E-state index is 0.113. The first-order valence-electron chi connectivity index (χ1n) is 10.5. The van der Waals surface area contributed by atoms with Crippen LogP contribution in [0.25, 0.3) is 11.0 Å². The van der Waals surface area contributed by atoms with Gasteiger partial charge in [-0.15, -0.1) is 0 Å². The number of hydrogen-bond donors (Lipinski definition) is 1. The third-order valence-corrected chi connectivity index (χ3v) is 5.70. The lowest BCUT2D eigenvalue weighted by Gasteiger charge is -2.23. The second-order valence-electron chi connectivity index (χ2n) is 7.43. The van der Waals surface area contributed by atoms with Gasteiger partial charge in [-0.3, -0.25) is 4.79 Å². The van der Waals surface area contributed by atoms with Gasteiger partial charge >= 0.3 is 0 Å². The number of hydrogen-bond acceptors (Lipinski definition) is 4. The van der Waals surface area contributed by atoms with E-state index in [4.69, 9.17) is 4.98 Å². The van der Waals surface area contributed by atoms with Crippen molar-refractivity contribution in [3.8, 4) is 0 Å². The molecule has 2 heterocycles. The lowest BCUT2D eigenvalue weighted by Crippen LogP contribution is -2.35. The first-order chi connectivity index (χ1) is 14.2. The predicted octanol–water partition coefficient (Wildman–Crippen LogP) is 3.76.